The first-order valence-corrected chi connectivity index (χ1v) is 10.2. The number of aliphatic imine (C=N–C) groups is 1. The lowest BCUT2D eigenvalue weighted by molar-refractivity contribution is 0.368. The Hall–Kier alpha value is -3.16. The van der Waals surface area contributed by atoms with Gasteiger partial charge in [-0.05, 0) is 31.9 Å². The van der Waals surface area contributed by atoms with E-state index in [9.17, 15) is 0 Å². The second-order valence-electron chi connectivity index (χ2n) is 6.73. The molecule has 0 amide bonds. The number of nitrogens with one attached hydrogen (secondary N) is 2. The summed E-state index contributed by atoms with van der Waals surface area (Å²) in [7, 11) is 0. The van der Waals surface area contributed by atoms with Crippen LogP contribution in [0.1, 0.15) is 56.8 Å². The molecule has 0 radical (unpaired) electrons. The van der Waals surface area contributed by atoms with Gasteiger partial charge < -0.3 is 15.2 Å². The molecule has 0 bridgehead atoms. The van der Waals surface area contributed by atoms with Crippen LogP contribution in [0.25, 0.3) is 5.69 Å². The lowest BCUT2D eigenvalue weighted by atomic mass is 9.99. The van der Waals surface area contributed by atoms with Gasteiger partial charge in [0.1, 0.15) is 12.9 Å². The summed E-state index contributed by atoms with van der Waals surface area (Å²) in [5.41, 5.74) is 2.03. The van der Waals surface area contributed by atoms with Crippen LogP contribution in [-0.2, 0) is 13.1 Å². The fourth-order valence-corrected chi connectivity index (χ4v) is 3.14. The third-order valence-corrected chi connectivity index (χ3v) is 4.79. The van der Waals surface area contributed by atoms with Gasteiger partial charge in [-0.2, -0.15) is 0 Å². The Morgan fingerprint density at radius 1 is 1.14 bits per heavy atom. The molecule has 0 aliphatic carbocycles. The van der Waals surface area contributed by atoms with Crippen molar-refractivity contribution >= 4 is 5.96 Å². The third kappa shape index (κ3) is 5.43. The van der Waals surface area contributed by atoms with E-state index in [1.807, 2.05) is 47.9 Å². The summed E-state index contributed by atoms with van der Waals surface area (Å²) in [5.74, 6) is 2.70. The molecule has 0 saturated carbocycles. The van der Waals surface area contributed by atoms with Crippen molar-refractivity contribution in [3.05, 3.63) is 60.0 Å². The van der Waals surface area contributed by atoms with E-state index in [-0.39, 0.29) is 0 Å². The van der Waals surface area contributed by atoms with E-state index >= 15 is 0 Å². The van der Waals surface area contributed by atoms with E-state index < -0.39 is 0 Å². The van der Waals surface area contributed by atoms with Crippen LogP contribution in [0.5, 0.6) is 0 Å². The van der Waals surface area contributed by atoms with Gasteiger partial charge in [0.15, 0.2) is 17.5 Å². The minimum atomic E-state index is 0.402. The van der Waals surface area contributed by atoms with Crippen LogP contribution < -0.4 is 10.6 Å². The predicted octanol–water partition coefficient (Wildman–Crippen LogP) is 3.41. The predicted molar refractivity (Wildman–Crippen MR) is 113 cm³/mol. The molecule has 154 valence electrons. The molecule has 0 aliphatic rings. The van der Waals surface area contributed by atoms with Crippen molar-refractivity contribution in [3.63, 3.8) is 0 Å². The lowest BCUT2D eigenvalue weighted by Crippen LogP contribution is -2.36. The minimum Gasteiger partial charge on any atom is -0.359 e. The summed E-state index contributed by atoms with van der Waals surface area (Å²) in [6.45, 7) is 8.05. The van der Waals surface area contributed by atoms with E-state index in [2.05, 4.69) is 44.8 Å². The van der Waals surface area contributed by atoms with Gasteiger partial charge in [0, 0.05) is 24.2 Å². The van der Waals surface area contributed by atoms with Gasteiger partial charge in [-0.15, -0.1) is 10.2 Å². The van der Waals surface area contributed by atoms with E-state index in [1.165, 1.54) is 0 Å². The van der Waals surface area contributed by atoms with Crippen LogP contribution in [0.3, 0.4) is 0 Å². The second-order valence-corrected chi connectivity index (χ2v) is 6.73. The lowest BCUT2D eigenvalue weighted by Gasteiger charge is -2.10. The number of benzene rings is 1. The minimum absolute atomic E-state index is 0.402. The van der Waals surface area contributed by atoms with E-state index in [4.69, 9.17) is 4.52 Å². The normalized spacial score (nSPS) is 11.8. The number of hydrogen-bond acceptors (Lipinski definition) is 5. The molecule has 0 saturated heterocycles. The highest BCUT2D eigenvalue weighted by Gasteiger charge is 2.13. The van der Waals surface area contributed by atoms with Gasteiger partial charge >= 0.3 is 0 Å². The Labute approximate surface area is 171 Å². The van der Waals surface area contributed by atoms with Crippen molar-refractivity contribution in [1.82, 2.24) is 30.6 Å². The summed E-state index contributed by atoms with van der Waals surface area (Å²) in [6.07, 6.45) is 3.82. The topological polar surface area (TPSA) is 93.2 Å². The van der Waals surface area contributed by atoms with E-state index in [0.29, 0.717) is 25.0 Å². The highest BCUT2D eigenvalue weighted by molar-refractivity contribution is 5.79. The molecular weight excluding hydrogens is 366 g/mol. The van der Waals surface area contributed by atoms with Crippen molar-refractivity contribution in [2.75, 3.05) is 6.54 Å². The molecule has 0 atom stereocenters. The summed E-state index contributed by atoms with van der Waals surface area (Å²) < 4.78 is 7.42. The summed E-state index contributed by atoms with van der Waals surface area (Å²) in [5, 5.41) is 19.0. The number of rotatable bonds is 9. The summed E-state index contributed by atoms with van der Waals surface area (Å²) in [4.78, 5) is 4.64. The van der Waals surface area contributed by atoms with Gasteiger partial charge in [-0.25, -0.2) is 4.99 Å². The van der Waals surface area contributed by atoms with Crippen LogP contribution in [0.15, 0.2) is 52.2 Å². The van der Waals surface area contributed by atoms with Gasteiger partial charge in [0.05, 0.1) is 12.2 Å². The molecule has 3 rings (SSSR count). The number of aromatic nitrogens is 4. The molecule has 0 fully saturated rings. The molecule has 0 aliphatic heterocycles. The van der Waals surface area contributed by atoms with E-state index in [0.717, 1.165) is 42.4 Å². The molecule has 0 spiro atoms. The molecule has 2 heterocycles. The highest BCUT2D eigenvalue weighted by Crippen LogP contribution is 2.22. The average Bonchev–Trinajstić information content (AvgIpc) is 3.41. The Morgan fingerprint density at radius 2 is 1.93 bits per heavy atom. The fourth-order valence-electron chi connectivity index (χ4n) is 3.14. The molecule has 2 N–H and O–H groups in total. The van der Waals surface area contributed by atoms with Crippen molar-refractivity contribution in [3.8, 4) is 5.69 Å². The number of nitrogens with zero attached hydrogens (tertiary/aromatic N) is 5. The largest absolute Gasteiger partial charge is 0.359 e. The zero-order valence-corrected chi connectivity index (χ0v) is 17.3. The number of para-hydroxylation sites is 1. The Morgan fingerprint density at radius 3 is 2.66 bits per heavy atom. The van der Waals surface area contributed by atoms with E-state index in [1.54, 1.807) is 6.33 Å². The maximum absolute atomic E-state index is 5.48. The first kappa shape index (κ1) is 20.6. The summed E-state index contributed by atoms with van der Waals surface area (Å²) >= 11 is 0. The summed E-state index contributed by atoms with van der Waals surface area (Å²) in [6, 6.07) is 12.0. The van der Waals surface area contributed by atoms with Gasteiger partial charge in [-0.1, -0.05) is 37.2 Å². The SMILES string of the molecule is CCNC(=NCc1nncn1-c1ccccc1)NCc1cc(C(CC)CC)no1. The molecule has 0 unspecified atom stereocenters. The molecule has 2 aromatic heterocycles. The number of guanidine groups is 1. The van der Waals surface area contributed by atoms with Crippen LogP contribution in [0.4, 0.5) is 0 Å². The monoisotopic (exact) mass is 395 g/mol. The first-order chi connectivity index (χ1) is 14.2. The zero-order valence-electron chi connectivity index (χ0n) is 17.3. The van der Waals surface area contributed by atoms with Crippen LogP contribution in [0, 0.1) is 0 Å². The smallest absolute Gasteiger partial charge is 0.192 e. The quantitative estimate of drug-likeness (QED) is 0.426. The molecule has 8 heteroatoms. The Balaban J connectivity index is 1.65. The van der Waals surface area contributed by atoms with Crippen molar-refractivity contribution < 1.29 is 4.52 Å². The molecule has 1 aromatic carbocycles. The highest BCUT2D eigenvalue weighted by atomic mass is 16.5. The number of hydrogen-bond donors (Lipinski definition) is 2. The third-order valence-electron chi connectivity index (χ3n) is 4.79. The Bertz CT molecular complexity index is 897. The van der Waals surface area contributed by atoms with Crippen molar-refractivity contribution in [2.45, 2.75) is 52.6 Å². The van der Waals surface area contributed by atoms with Gasteiger partial charge in [0.2, 0.25) is 0 Å². The molecule has 29 heavy (non-hydrogen) atoms. The fraction of sp³-hybridized carbons (Fsp3) is 0.429. The average molecular weight is 396 g/mol. The molecular formula is C21H29N7O. The molecule has 8 nitrogen and oxygen atoms in total. The van der Waals surface area contributed by atoms with Crippen LogP contribution in [-0.4, -0.2) is 32.4 Å². The Kier molecular flexibility index (Phi) is 7.38. The van der Waals surface area contributed by atoms with Crippen LogP contribution >= 0.6 is 0 Å². The molecule has 3 aromatic rings. The maximum Gasteiger partial charge on any atom is 0.192 e. The van der Waals surface area contributed by atoms with Crippen LogP contribution in [0.2, 0.25) is 0 Å². The van der Waals surface area contributed by atoms with Gasteiger partial charge in [-0.3, -0.25) is 4.57 Å². The first-order valence-electron chi connectivity index (χ1n) is 10.2. The van der Waals surface area contributed by atoms with Crippen molar-refractivity contribution in [2.24, 2.45) is 4.99 Å². The standard InChI is InChI=1S/C21H29N7O/c1-4-16(5-2)19-12-18(29-27-19)13-23-21(22-6-3)24-14-20-26-25-15-28(20)17-10-8-7-9-11-17/h7-12,15-16H,4-6,13-14H2,1-3H3,(H2,22,23,24). The zero-order chi connectivity index (χ0) is 20.5. The second kappa shape index (κ2) is 10.4. The van der Waals surface area contributed by atoms with Crippen molar-refractivity contribution in [1.29, 1.82) is 0 Å². The maximum atomic E-state index is 5.48. The van der Waals surface area contributed by atoms with Gasteiger partial charge in [0.25, 0.3) is 0 Å².